The van der Waals surface area contributed by atoms with Crippen LogP contribution in [0.2, 0.25) is 5.15 Å². The van der Waals surface area contributed by atoms with E-state index in [9.17, 15) is 4.79 Å². The first kappa shape index (κ1) is 17.7. The number of benzene rings is 1. The Labute approximate surface area is 153 Å². The summed E-state index contributed by atoms with van der Waals surface area (Å²) < 4.78 is 5.27. The third-order valence-electron chi connectivity index (χ3n) is 5.10. The molecule has 1 N–H and O–H groups in total. The third-order valence-corrected chi connectivity index (χ3v) is 5.41. The van der Waals surface area contributed by atoms with Crippen LogP contribution in [0.1, 0.15) is 48.0 Å². The molecule has 4 nitrogen and oxygen atoms in total. The van der Waals surface area contributed by atoms with Crippen molar-refractivity contribution in [1.82, 2.24) is 10.3 Å². The van der Waals surface area contributed by atoms with Crippen molar-refractivity contribution in [2.24, 2.45) is 0 Å². The highest BCUT2D eigenvalue weighted by Crippen LogP contribution is 2.39. The fourth-order valence-corrected chi connectivity index (χ4v) is 3.85. The predicted molar refractivity (Wildman–Crippen MR) is 99.3 cm³/mol. The minimum atomic E-state index is -0.170. The Hall–Kier alpha value is -2.07. The van der Waals surface area contributed by atoms with E-state index in [1.54, 1.807) is 25.4 Å². The maximum atomic E-state index is 12.5. The molecule has 1 fully saturated rings. The average Bonchev–Trinajstić information content (AvgIpc) is 2.67. The molecule has 2 aromatic rings. The van der Waals surface area contributed by atoms with E-state index < -0.39 is 0 Å². The van der Waals surface area contributed by atoms with Crippen LogP contribution in [0.4, 0.5) is 0 Å². The van der Waals surface area contributed by atoms with Crippen LogP contribution in [0, 0.1) is 0 Å². The number of aromatic nitrogens is 1. The standard InChI is InChI=1S/C20H23ClN2O2/c1-25-16-9-7-15(8-10-16)20(11-3-2-4-12-20)14-23-19(24)17-6-5-13-22-18(17)21/h5-10,13H,2-4,11-12,14H2,1H3,(H,23,24). The summed E-state index contributed by atoms with van der Waals surface area (Å²) >= 11 is 6.04. The van der Waals surface area contributed by atoms with Crippen molar-refractivity contribution in [3.05, 3.63) is 58.9 Å². The second-order valence-electron chi connectivity index (χ2n) is 6.59. The fourth-order valence-electron chi connectivity index (χ4n) is 3.64. The number of carbonyl (C=O) groups excluding carboxylic acids is 1. The molecule has 1 aromatic carbocycles. The van der Waals surface area contributed by atoms with E-state index in [1.807, 2.05) is 12.1 Å². The van der Waals surface area contributed by atoms with Crippen molar-refractivity contribution in [3.63, 3.8) is 0 Å². The number of carbonyl (C=O) groups is 1. The zero-order valence-electron chi connectivity index (χ0n) is 14.4. The summed E-state index contributed by atoms with van der Waals surface area (Å²) in [6, 6.07) is 11.6. The molecule has 1 aliphatic carbocycles. The summed E-state index contributed by atoms with van der Waals surface area (Å²) in [5.41, 5.74) is 1.64. The number of ether oxygens (including phenoxy) is 1. The zero-order valence-corrected chi connectivity index (χ0v) is 15.2. The molecule has 3 rings (SSSR count). The molecule has 132 valence electrons. The van der Waals surface area contributed by atoms with Crippen molar-refractivity contribution in [2.75, 3.05) is 13.7 Å². The number of nitrogens with zero attached hydrogens (tertiary/aromatic N) is 1. The van der Waals surface area contributed by atoms with E-state index in [-0.39, 0.29) is 16.5 Å². The van der Waals surface area contributed by atoms with E-state index >= 15 is 0 Å². The highest BCUT2D eigenvalue weighted by atomic mass is 35.5. The number of pyridine rings is 1. The van der Waals surface area contributed by atoms with Crippen LogP contribution in [0.5, 0.6) is 5.75 Å². The molecule has 0 saturated heterocycles. The Bertz CT molecular complexity index is 725. The number of amides is 1. The molecule has 0 aliphatic heterocycles. The molecule has 1 heterocycles. The maximum Gasteiger partial charge on any atom is 0.254 e. The van der Waals surface area contributed by atoms with Gasteiger partial charge in [-0.2, -0.15) is 0 Å². The van der Waals surface area contributed by atoms with Crippen LogP contribution in [-0.2, 0) is 5.41 Å². The van der Waals surface area contributed by atoms with Gasteiger partial charge in [-0.1, -0.05) is 43.0 Å². The smallest absolute Gasteiger partial charge is 0.254 e. The van der Waals surface area contributed by atoms with Gasteiger partial charge in [0.2, 0.25) is 0 Å². The lowest BCUT2D eigenvalue weighted by molar-refractivity contribution is 0.0936. The van der Waals surface area contributed by atoms with Crippen molar-refractivity contribution in [2.45, 2.75) is 37.5 Å². The second-order valence-corrected chi connectivity index (χ2v) is 6.95. The second kappa shape index (κ2) is 7.87. The van der Waals surface area contributed by atoms with Gasteiger partial charge in [-0.3, -0.25) is 4.79 Å². The normalized spacial score (nSPS) is 16.2. The number of nitrogens with one attached hydrogen (secondary N) is 1. The molecule has 1 aliphatic rings. The predicted octanol–water partition coefficient (Wildman–Crippen LogP) is 4.38. The summed E-state index contributed by atoms with van der Waals surface area (Å²) in [4.78, 5) is 16.5. The number of hydrogen-bond donors (Lipinski definition) is 1. The minimum absolute atomic E-state index is 0.0329. The zero-order chi connectivity index (χ0) is 17.7. The van der Waals surface area contributed by atoms with Gasteiger partial charge in [-0.05, 0) is 42.7 Å². The molecule has 1 amide bonds. The first-order valence-corrected chi connectivity index (χ1v) is 9.06. The summed E-state index contributed by atoms with van der Waals surface area (Å²) in [5.74, 6) is 0.678. The topological polar surface area (TPSA) is 51.2 Å². The van der Waals surface area contributed by atoms with Gasteiger partial charge >= 0.3 is 0 Å². The molecular formula is C20H23ClN2O2. The van der Waals surface area contributed by atoms with Crippen molar-refractivity contribution in [1.29, 1.82) is 0 Å². The van der Waals surface area contributed by atoms with Gasteiger partial charge in [0.05, 0.1) is 12.7 Å². The van der Waals surface area contributed by atoms with Crippen LogP contribution >= 0.6 is 11.6 Å². The van der Waals surface area contributed by atoms with Gasteiger partial charge in [0, 0.05) is 18.2 Å². The minimum Gasteiger partial charge on any atom is -0.497 e. The number of halogens is 1. The van der Waals surface area contributed by atoms with E-state index in [0.29, 0.717) is 12.1 Å². The highest BCUT2D eigenvalue weighted by Gasteiger charge is 2.34. The van der Waals surface area contributed by atoms with Crippen molar-refractivity contribution in [3.8, 4) is 5.75 Å². The van der Waals surface area contributed by atoms with Crippen LogP contribution in [0.15, 0.2) is 42.6 Å². The summed E-state index contributed by atoms with van der Waals surface area (Å²) in [5, 5.41) is 3.32. The molecule has 0 bridgehead atoms. The first-order valence-electron chi connectivity index (χ1n) is 8.68. The molecule has 1 saturated carbocycles. The lowest BCUT2D eigenvalue weighted by atomic mass is 9.69. The monoisotopic (exact) mass is 358 g/mol. The Morgan fingerprint density at radius 1 is 1.20 bits per heavy atom. The van der Waals surface area contributed by atoms with Gasteiger partial charge < -0.3 is 10.1 Å². The van der Waals surface area contributed by atoms with Crippen LogP contribution in [0.25, 0.3) is 0 Å². The Balaban J connectivity index is 1.79. The summed E-state index contributed by atoms with van der Waals surface area (Å²) in [6.45, 7) is 0.601. The molecule has 1 aromatic heterocycles. The van der Waals surface area contributed by atoms with Gasteiger partial charge in [-0.15, -0.1) is 0 Å². The van der Waals surface area contributed by atoms with Crippen LogP contribution in [0.3, 0.4) is 0 Å². The Morgan fingerprint density at radius 2 is 1.92 bits per heavy atom. The number of rotatable bonds is 5. The quantitative estimate of drug-likeness (QED) is 0.807. The van der Waals surface area contributed by atoms with E-state index in [1.165, 1.54) is 24.8 Å². The first-order chi connectivity index (χ1) is 12.1. The van der Waals surface area contributed by atoms with Gasteiger partial charge in [0.1, 0.15) is 10.9 Å². The third kappa shape index (κ3) is 3.96. The molecule has 0 spiro atoms. The maximum absolute atomic E-state index is 12.5. The SMILES string of the molecule is COc1ccc(C2(CNC(=O)c3cccnc3Cl)CCCCC2)cc1. The molecule has 0 radical (unpaired) electrons. The van der Waals surface area contributed by atoms with Gasteiger partial charge in [0.25, 0.3) is 5.91 Å². The molecule has 25 heavy (non-hydrogen) atoms. The van der Waals surface area contributed by atoms with Gasteiger partial charge in [0.15, 0.2) is 0 Å². The number of hydrogen-bond acceptors (Lipinski definition) is 3. The Morgan fingerprint density at radius 3 is 2.56 bits per heavy atom. The van der Waals surface area contributed by atoms with E-state index in [0.717, 1.165) is 18.6 Å². The Kier molecular flexibility index (Phi) is 5.59. The summed E-state index contributed by atoms with van der Waals surface area (Å²) in [6.07, 6.45) is 7.32. The number of methoxy groups -OCH3 is 1. The van der Waals surface area contributed by atoms with Crippen molar-refractivity contribution < 1.29 is 9.53 Å². The fraction of sp³-hybridized carbons (Fsp3) is 0.400. The van der Waals surface area contributed by atoms with Crippen molar-refractivity contribution >= 4 is 17.5 Å². The lowest BCUT2D eigenvalue weighted by Gasteiger charge is -2.38. The largest absolute Gasteiger partial charge is 0.497 e. The average molecular weight is 359 g/mol. The highest BCUT2D eigenvalue weighted by molar-refractivity contribution is 6.32. The lowest BCUT2D eigenvalue weighted by Crippen LogP contribution is -2.42. The molecule has 0 unspecified atom stereocenters. The van der Waals surface area contributed by atoms with E-state index in [2.05, 4.69) is 22.4 Å². The van der Waals surface area contributed by atoms with E-state index in [4.69, 9.17) is 16.3 Å². The molecular weight excluding hydrogens is 336 g/mol. The van der Waals surface area contributed by atoms with Crippen LogP contribution in [-0.4, -0.2) is 24.5 Å². The molecule has 0 atom stereocenters. The van der Waals surface area contributed by atoms with Gasteiger partial charge in [-0.25, -0.2) is 4.98 Å². The summed E-state index contributed by atoms with van der Waals surface area (Å²) in [7, 11) is 1.67. The molecule has 5 heteroatoms. The van der Waals surface area contributed by atoms with Crippen LogP contribution < -0.4 is 10.1 Å².